The second-order valence-electron chi connectivity index (χ2n) is 2.59. The lowest BCUT2D eigenvalue weighted by Gasteiger charge is -2.08. The molecule has 1 rings (SSSR count). The fraction of sp³-hybridized carbons (Fsp3) is 0.571. The maximum atomic E-state index is 12.8. The third-order valence-electron chi connectivity index (χ3n) is 1.45. The molecule has 0 spiro atoms. The first-order valence-corrected chi connectivity index (χ1v) is 3.32. The zero-order valence-corrected chi connectivity index (χ0v) is 6.43. The number of hydrogen-bond acceptors (Lipinski definition) is 1. The Morgan fingerprint density at radius 1 is 1.60 bits per heavy atom. The fourth-order valence-electron chi connectivity index (χ4n) is 1.05. The summed E-state index contributed by atoms with van der Waals surface area (Å²) in [6.07, 6.45) is 1.25. The van der Waals surface area contributed by atoms with Crippen molar-refractivity contribution >= 4 is 0 Å². The van der Waals surface area contributed by atoms with Gasteiger partial charge in [-0.05, 0) is 20.8 Å². The Morgan fingerprint density at radius 2 is 2.20 bits per heavy atom. The van der Waals surface area contributed by atoms with Gasteiger partial charge in [0.25, 0.3) is 0 Å². The summed E-state index contributed by atoms with van der Waals surface area (Å²) < 4.78 is 14.3. The van der Waals surface area contributed by atoms with Crippen molar-refractivity contribution in [2.45, 2.75) is 26.8 Å². The highest BCUT2D eigenvalue weighted by Crippen LogP contribution is 2.10. The van der Waals surface area contributed by atoms with Crippen molar-refractivity contribution < 1.29 is 4.39 Å². The molecule has 0 saturated carbocycles. The van der Waals surface area contributed by atoms with Crippen LogP contribution in [0.25, 0.3) is 0 Å². The molecule has 10 heavy (non-hydrogen) atoms. The van der Waals surface area contributed by atoms with E-state index in [0.29, 0.717) is 0 Å². The van der Waals surface area contributed by atoms with Crippen LogP contribution >= 0.6 is 0 Å². The van der Waals surface area contributed by atoms with Crippen molar-refractivity contribution in [1.82, 2.24) is 9.55 Å². The average Bonchev–Trinajstić information content (AvgIpc) is 2.11. The summed E-state index contributed by atoms with van der Waals surface area (Å²) in [6, 6.07) is 0.155. The molecule has 0 unspecified atom stereocenters. The van der Waals surface area contributed by atoms with Crippen molar-refractivity contribution in [2.75, 3.05) is 0 Å². The predicted octanol–water partition coefficient (Wildman–Crippen LogP) is 1.91. The molecule has 0 fully saturated rings. The molecule has 0 aliphatic rings. The Hall–Kier alpha value is -0.860. The zero-order valence-electron chi connectivity index (χ0n) is 6.43. The van der Waals surface area contributed by atoms with E-state index in [9.17, 15) is 4.39 Å². The second kappa shape index (κ2) is 2.40. The van der Waals surface area contributed by atoms with E-state index >= 15 is 0 Å². The zero-order chi connectivity index (χ0) is 7.72. The van der Waals surface area contributed by atoms with Crippen LogP contribution in [0.2, 0.25) is 0 Å². The summed E-state index contributed by atoms with van der Waals surface area (Å²) in [5.41, 5.74) is 0. The third kappa shape index (κ3) is 1.03. The summed E-state index contributed by atoms with van der Waals surface area (Å²) in [6.45, 7) is 5.65. The van der Waals surface area contributed by atoms with Crippen LogP contribution in [-0.2, 0) is 0 Å². The largest absolute Gasteiger partial charge is 0.303 e. The highest BCUT2D eigenvalue weighted by molar-refractivity contribution is 4.93. The minimum Gasteiger partial charge on any atom is -0.303 e. The van der Waals surface area contributed by atoms with Gasteiger partial charge < -0.3 is 4.57 Å². The van der Waals surface area contributed by atoms with E-state index < -0.39 is 0 Å². The van der Waals surface area contributed by atoms with Gasteiger partial charge in [0.2, 0.25) is 5.95 Å². The first-order chi connectivity index (χ1) is 4.63. The van der Waals surface area contributed by atoms with Crippen LogP contribution in [0.15, 0.2) is 6.20 Å². The van der Waals surface area contributed by atoms with Crippen LogP contribution in [0.5, 0.6) is 0 Å². The number of hydrogen-bond donors (Lipinski definition) is 0. The molecule has 0 atom stereocenters. The number of nitrogens with zero attached hydrogens (tertiary/aromatic N) is 2. The maximum Gasteiger partial charge on any atom is 0.213 e. The van der Waals surface area contributed by atoms with Gasteiger partial charge in [0, 0.05) is 6.04 Å². The lowest BCUT2D eigenvalue weighted by Crippen LogP contribution is -2.05. The normalized spacial score (nSPS) is 10.9. The van der Waals surface area contributed by atoms with Crippen LogP contribution in [0.3, 0.4) is 0 Å². The average molecular weight is 142 g/mol. The van der Waals surface area contributed by atoms with Gasteiger partial charge in [-0.25, -0.2) is 4.98 Å². The van der Waals surface area contributed by atoms with Crippen LogP contribution in [0.1, 0.15) is 25.7 Å². The molecule has 1 heterocycles. The first kappa shape index (κ1) is 7.25. The predicted molar refractivity (Wildman–Crippen MR) is 37.3 cm³/mol. The van der Waals surface area contributed by atoms with Crippen LogP contribution in [0, 0.1) is 12.9 Å². The van der Waals surface area contributed by atoms with Crippen LogP contribution in [-0.4, -0.2) is 9.55 Å². The molecule has 1 aromatic heterocycles. The minimum atomic E-state index is -0.257. The summed E-state index contributed by atoms with van der Waals surface area (Å²) >= 11 is 0. The molecule has 2 nitrogen and oxygen atoms in total. The van der Waals surface area contributed by atoms with Gasteiger partial charge in [-0.3, -0.25) is 0 Å². The van der Waals surface area contributed by atoms with Gasteiger partial charge in [0.1, 0.15) is 5.82 Å². The smallest absolute Gasteiger partial charge is 0.213 e. The molecule has 0 radical (unpaired) electrons. The quantitative estimate of drug-likeness (QED) is 0.585. The molecule has 0 aromatic carbocycles. The van der Waals surface area contributed by atoms with E-state index in [1.54, 1.807) is 11.5 Å². The summed E-state index contributed by atoms with van der Waals surface area (Å²) in [7, 11) is 0. The van der Waals surface area contributed by atoms with E-state index in [0.717, 1.165) is 5.82 Å². The van der Waals surface area contributed by atoms with Gasteiger partial charge in [-0.2, -0.15) is 4.39 Å². The fourth-order valence-corrected chi connectivity index (χ4v) is 1.05. The van der Waals surface area contributed by atoms with Gasteiger partial charge in [0.15, 0.2) is 0 Å². The second-order valence-corrected chi connectivity index (χ2v) is 2.59. The van der Waals surface area contributed by atoms with Gasteiger partial charge in [-0.1, -0.05) is 0 Å². The van der Waals surface area contributed by atoms with E-state index in [-0.39, 0.29) is 12.0 Å². The summed E-state index contributed by atoms with van der Waals surface area (Å²) in [5.74, 6) is 0.472. The molecular weight excluding hydrogens is 131 g/mol. The lowest BCUT2D eigenvalue weighted by molar-refractivity contribution is 0.449. The van der Waals surface area contributed by atoms with Crippen molar-refractivity contribution in [3.8, 4) is 0 Å². The Bertz CT molecular complexity index is 208. The SMILES string of the molecule is Cc1ncc(F)n1C(C)C. The summed E-state index contributed by atoms with van der Waals surface area (Å²) in [4.78, 5) is 3.83. The number of halogens is 1. The molecule has 0 bridgehead atoms. The van der Waals surface area contributed by atoms with E-state index in [1.807, 2.05) is 13.8 Å². The highest BCUT2D eigenvalue weighted by atomic mass is 19.1. The molecule has 0 N–H and O–H groups in total. The molecule has 0 amide bonds. The monoisotopic (exact) mass is 142 g/mol. The van der Waals surface area contributed by atoms with Crippen molar-refractivity contribution in [1.29, 1.82) is 0 Å². The highest BCUT2D eigenvalue weighted by Gasteiger charge is 2.07. The molecular formula is C7H11FN2. The van der Waals surface area contributed by atoms with Crippen molar-refractivity contribution in [3.05, 3.63) is 18.0 Å². The summed E-state index contributed by atoms with van der Waals surface area (Å²) in [5, 5.41) is 0. The van der Waals surface area contributed by atoms with Crippen molar-refractivity contribution in [3.63, 3.8) is 0 Å². The van der Waals surface area contributed by atoms with Crippen LogP contribution < -0.4 is 0 Å². The molecule has 0 saturated heterocycles. The van der Waals surface area contributed by atoms with E-state index in [4.69, 9.17) is 0 Å². The molecule has 56 valence electrons. The molecule has 1 aromatic rings. The van der Waals surface area contributed by atoms with Crippen LogP contribution in [0.4, 0.5) is 4.39 Å². The topological polar surface area (TPSA) is 17.8 Å². The minimum absolute atomic E-state index is 0.155. The molecule has 0 aliphatic heterocycles. The molecule has 3 heteroatoms. The molecule has 0 aliphatic carbocycles. The lowest BCUT2D eigenvalue weighted by atomic mass is 10.4. The Balaban J connectivity index is 3.10. The maximum absolute atomic E-state index is 12.8. The third-order valence-corrected chi connectivity index (χ3v) is 1.45. The van der Waals surface area contributed by atoms with Gasteiger partial charge in [-0.15, -0.1) is 0 Å². The van der Waals surface area contributed by atoms with Crippen molar-refractivity contribution in [2.24, 2.45) is 0 Å². The first-order valence-electron chi connectivity index (χ1n) is 3.32. The van der Waals surface area contributed by atoms with E-state index in [1.165, 1.54) is 6.20 Å². The number of rotatable bonds is 1. The Morgan fingerprint density at radius 3 is 2.40 bits per heavy atom. The Kier molecular flexibility index (Phi) is 1.74. The van der Waals surface area contributed by atoms with E-state index in [2.05, 4.69) is 4.98 Å². The Labute approximate surface area is 59.7 Å². The number of imidazole rings is 1. The van der Waals surface area contributed by atoms with Gasteiger partial charge >= 0.3 is 0 Å². The number of aryl methyl sites for hydroxylation is 1. The van der Waals surface area contributed by atoms with Gasteiger partial charge in [0.05, 0.1) is 6.20 Å². The standard InChI is InChI=1S/C7H11FN2/c1-5(2)10-6(3)9-4-7(10)8/h4-5H,1-3H3. The number of aromatic nitrogens is 2.